The first-order valence-corrected chi connectivity index (χ1v) is 9.89. The van der Waals surface area contributed by atoms with Crippen LogP contribution in [-0.2, 0) is 6.54 Å². The highest BCUT2D eigenvalue weighted by molar-refractivity contribution is 5.44. The van der Waals surface area contributed by atoms with E-state index in [9.17, 15) is 0 Å². The Morgan fingerprint density at radius 2 is 1.74 bits per heavy atom. The maximum Gasteiger partial charge on any atom is 0.231 e. The van der Waals surface area contributed by atoms with E-state index in [2.05, 4.69) is 55.6 Å². The molecule has 1 N–H and O–H groups in total. The highest BCUT2D eigenvalue weighted by Gasteiger charge is 2.14. The minimum absolute atomic E-state index is 0.325. The van der Waals surface area contributed by atoms with Gasteiger partial charge in [-0.1, -0.05) is 38.5 Å². The molecule has 27 heavy (non-hydrogen) atoms. The van der Waals surface area contributed by atoms with Gasteiger partial charge in [0, 0.05) is 6.54 Å². The van der Waals surface area contributed by atoms with Crippen LogP contribution in [0.25, 0.3) is 0 Å². The van der Waals surface area contributed by atoms with Crippen molar-refractivity contribution in [2.45, 2.75) is 45.6 Å². The van der Waals surface area contributed by atoms with Gasteiger partial charge in [0.25, 0.3) is 0 Å². The number of methoxy groups -OCH3 is 1. The van der Waals surface area contributed by atoms with Crippen LogP contribution in [0.2, 0.25) is 0 Å². The fourth-order valence-corrected chi connectivity index (χ4v) is 3.45. The van der Waals surface area contributed by atoms with Crippen LogP contribution in [0.5, 0.6) is 17.2 Å². The van der Waals surface area contributed by atoms with Crippen LogP contribution in [0.4, 0.5) is 0 Å². The quantitative estimate of drug-likeness (QED) is 0.590. The van der Waals surface area contributed by atoms with Crippen LogP contribution in [0, 0.1) is 5.92 Å². The molecule has 4 heteroatoms. The molecule has 0 saturated carbocycles. The van der Waals surface area contributed by atoms with E-state index in [1.165, 1.54) is 24.0 Å². The van der Waals surface area contributed by atoms with Gasteiger partial charge < -0.3 is 19.5 Å². The molecule has 1 aliphatic heterocycles. The van der Waals surface area contributed by atoms with E-state index in [0.29, 0.717) is 12.7 Å². The average molecular weight is 370 g/mol. The first-order valence-electron chi connectivity index (χ1n) is 9.89. The zero-order valence-electron chi connectivity index (χ0n) is 16.7. The molecule has 0 radical (unpaired) electrons. The number of rotatable bonds is 10. The average Bonchev–Trinajstić information content (AvgIpc) is 3.15. The molecule has 1 heterocycles. The monoisotopic (exact) mass is 369 g/mol. The largest absolute Gasteiger partial charge is 0.497 e. The van der Waals surface area contributed by atoms with Crippen molar-refractivity contribution in [1.29, 1.82) is 0 Å². The molecule has 0 aliphatic carbocycles. The molecular formula is C23H31NO3. The minimum atomic E-state index is 0.325. The van der Waals surface area contributed by atoms with Gasteiger partial charge in [-0.25, -0.2) is 0 Å². The molecular weight excluding hydrogens is 338 g/mol. The van der Waals surface area contributed by atoms with Crippen molar-refractivity contribution in [3.8, 4) is 17.2 Å². The number of hydrogen-bond donors (Lipinski definition) is 1. The summed E-state index contributed by atoms with van der Waals surface area (Å²) in [6, 6.07) is 14.7. The molecule has 3 rings (SSSR count). The third-order valence-corrected chi connectivity index (χ3v) is 5.12. The second-order valence-electron chi connectivity index (χ2n) is 7.59. The molecule has 146 valence electrons. The SMILES string of the molecule is COc1ccc(C(CCNCc2ccc3c(c2)OCO3)CCC(C)C)cc1. The van der Waals surface area contributed by atoms with Crippen molar-refractivity contribution in [2.75, 3.05) is 20.4 Å². The van der Waals surface area contributed by atoms with Crippen LogP contribution < -0.4 is 19.5 Å². The molecule has 1 atom stereocenters. The zero-order valence-corrected chi connectivity index (χ0v) is 16.7. The molecule has 0 amide bonds. The maximum atomic E-state index is 5.45. The number of benzene rings is 2. The lowest BCUT2D eigenvalue weighted by Gasteiger charge is -2.19. The number of nitrogens with one attached hydrogen (secondary N) is 1. The summed E-state index contributed by atoms with van der Waals surface area (Å²) in [7, 11) is 1.71. The van der Waals surface area contributed by atoms with E-state index in [4.69, 9.17) is 14.2 Å². The summed E-state index contributed by atoms with van der Waals surface area (Å²) in [4.78, 5) is 0. The van der Waals surface area contributed by atoms with E-state index < -0.39 is 0 Å². The third kappa shape index (κ3) is 5.64. The van der Waals surface area contributed by atoms with Crippen LogP contribution >= 0.6 is 0 Å². The lowest BCUT2D eigenvalue weighted by atomic mass is 9.88. The van der Waals surface area contributed by atoms with E-state index in [-0.39, 0.29) is 0 Å². The molecule has 0 fully saturated rings. The van der Waals surface area contributed by atoms with Crippen molar-refractivity contribution in [3.05, 3.63) is 53.6 Å². The minimum Gasteiger partial charge on any atom is -0.497 e. The second-order valence-corrected chi connectivity index (χ2v) is 7.59. The zero-order chi connectivity index (χ0) is 19.1. The Kier molecular flexibility index (Phi) is 6.99. The number of fused-ring (bicyclic) bond motifs is 1. The van der Waals surface area contributed by atoms with E-state index in [1.807, 2.05) is 6.07 Å². The van der Waals surface area contributed by atoms with Crippen molar-refractivity contribution >= 4 is 0 Å². The Morgan fingerprint density at radius 3 is 2.48 bits per heavy atom. The number of ether oxygens (including phenoxy) is 3. The Hall–Kier alpha value is -2.20. The van der Waals surface area contributed by atoms with E-state index in [0.717, 1.165) is 42.7 Å². The molecule has 2 aromatic rings. The summed E-state index contributed by atoms with van der Waals surface area (Å²) < 4.78 is 16.1. The Labute approximate surface area is 162 Å². The standard InChI is InChI=1S/C23H31NO3/c1-17(2)4-6-20(19-7-9-21(25-3)10-8-19)12-13-24-15-18-5-11-22-23(14-18)27-16-26-22/h5,7-11,14,17,20,24H,4,6,12-13,15-16H2,1-3H3. The van der Waals surface area contributed by atoms with Crippen LogP contribution in [-0.4, -0.2) is 20.4 Å². The Bertz CT molecular complexity index is 712. The van der Waals surface area contributed by atoms with Crippen LogP contribution in [0.3, 0.4) is 0 Å². The van der Waals surface area contributed by atoms with Gasteiger partial charge in [-0.2, -0.15) is 0 Å². The highest BCUT2D eigenvalue weighted by Crippen LogP contribution is 2.32. The molecule has 0 saturated heterocycles. The molecule has 1 unspecified atom stereocenters. The Morgan fingerprint density at radius 1 is 0.963 bits per heavy atom. The van der Waals surface area contributed by atoms with E-state index >= 15 is 0 Å². The third-order valence-electron chi connectivity index (χ3n) is 5.12. The molecule has 0 spiro atoms. The molecule has 4 nitrogen and oxygen atoms in total. The summed E-state index contributed by atoms with van der Waals surface area (Å²) in [5.74, 6) is 3.91. The number of hydrogen-bond acceptors (Lipinski definition) is 4. The van der Waals surface area contributed by atoms with E-state index in [1.54, 1.807) is 7.11 Å². The van der Waals surface area contributed by atoms with Gasteiger partial charge >= 0.3 is 0 Å². The van der Waals surface area contributed by atoms with Crippen molar-refractivity contribution in [1.82, 2.24) is 5.32 Å². The van der Waals surface area contributed by atoms with Gasteiger partial charge in [0.2, 0.25) is 6.79 Å². The first kappa shape index (κ1) is 19.6. The first-order chi connectivity index (χ1) is 13.2. The van der Waals surface area contributed by atoms with Gasteiger partial charge in [-0.15, -0.1) is 0 Å². The molecule has 1 aliphatic rings. The normalized spacial score (nSPS) is 13.8. The van der Waals surface area contributed by atoms with Gasteiger partial charge in [0.05, 0.1) is 7.11 Å². The Balaban J connectivity index is 1.52. The topological polar surface area (TPSA) is 39.7 Å². The maximum absolute atomic E-state index is 5.45. The smallest absolute Gasteiger partial charge is 0.231 e. The van der Waals surface area contributed by atoms with Gasteiger partial charge in [-0.3, -0.25) is 0 Å². The summed E-state index contributed by atoms with van der Waals surface area (Å²) in [5.41, 5.74) is 2.63. The predicted octanol–water partition coefficient (Wildman–Crippen LogP) is 5.12. The molecule has 0 bridgehead atoms. The summed E-state index contributed by atoms with van der Waals surface area (Å²) in [6.07, 6.45) is 3.60. The second kappa shape index (κ2) is 9.65. The summed E-state index contributed by atoms with van der Waals surface area (Å²) in [6.45, 7) is 6.75. The van der Waals surface area contributed by atoms with Crippen molar-refractivity contribution in [3.63, 3.8) is 0 Å². The molecule has 2 aromatic carbocycles. The lowest BCUT2D eigenvalue weighted by molar-refractivity contribution is 0.174. The van der Waals surface area contributed by atoms with Crippen LogP contribution in [0.1, 0.15) is 50.2 Å². The fraction of sp³-hybridized carbons (Fsp3) is 0.478. The van der Waals surface area contributed by atoms with Crippen LogP contribution in [0.15, 0.2) is 42.5 Å². The summed E-state index contributed by atoms with van der Waals surface area (Å²) in [5, 5.41) is 3.58. The highest BCUT2D eigenvalue weighted by atomic mass is 16.7. The van der Waals surface area contributed by atoms with Gasteiger partial charge in [0.1, 0.15) is 5.75 Å². The van der Waals surface area contributed by atoms with Gasteiger partial charge in [-0.05, 0) is 66.6 Å². The predicted molar refractivity (Wildman–Crippen MR) is 109 cm³/mol. The van der Waals surface area contributed by atoms with Crippen molar-refractivity contribution < 1.29 is 14.2 Å². The fourth-order valence-electron chi connectivity index (χ4n) is 3.45. The lowest BCUT2D eigenvalue weighted by Crippen LogP contribution is -2.17. The van der Waals surface area contributed by atoms with Gasteiger partial charge in [0.15, 0.2) is 11.5 Å². The molecule has 0 aromatic heterocycles. The summed E-state index contributed by atoms with van der Waals surface area (Å²) >= 11 is 0. The van der Waals surface area contributed by atoms with Crippen molar-refractivity contribution in [2.24, 2.45) is 5.92 Å².